The predicted molar refractivity (Wildman–Crippen MR) is 151 cm³/mol. The lowest BCUT2D eigenvalue weighted by molar-refractivity contribution is -0.122. The van der Waals surface area contributed by atoms with E-state index >= 15 is 4.39 Å². The van der Waals surface area contributed by atoms with E-state index < -0.39 is 23.7 Å². The lowest BCUT2D eigenvalue weighted by Gasteiger charge is -2.29. The second kappa shape index (κ2) is 11.8. The Morgan fingerprint density at radius 1 is 1.23 bits per heavy atom. The van der Waals surface area contributed by atoms with Gasteiger partial charge in [-0.15, -0.1) is 0 Å². The van der Waals surface area contributed by atoms with E-state index in [1.807, 2.05) is 24.3 Å². The van der Waals surface area contributed by atoms with Crippen molar-refractivity contribution in [2.45, 2.75) is 6.04 Å². The van der Waals surface area contributed by atoms with Gasteiger partial charge in [0, 0.05) is 42.9 Å². The van der Waals surface area contributed by atoms with Crippen LogP contribution in [-0.2, 0) is 9.59 Å². The number of nitrogens with one attached hydrogen (secondary N) is 1. The van der Waals surface area contributed by atoms with Gasteiger partial charge in [0.15, 0.2) is 11.6 Å². The lowest BCUT2D eigenvalue weighted by Crippen LogP contribution is -2.47. The molecule has 2 aromatic heterocycles. The third kappa shape index (κ3) is 5.86. The predicted octanol–water partition coefficient (Wildman–Crippen LogP) is 3.06. The first kappa shape index (κ1) is 28.0. The number of primary amides is 1. The molecule has 1 atom stereocenters. The third-order valence-electron chi connectivity index (χ3n) is 6.29. The number of carbonyl (C=O) groups is 2. The van der Waals surface area contributed by atoms with Crippen LogP contribution < -0.4 is 25.5 Å². The molecule has 12 heteroatoms. The number of halogens is 1. The first-order valence-corrected chi connectivity index (χ1v) is 12.2. The number of aromatic nitrogens is 3. The number of hydrogen-bond acceptors (Lipinski definition) is 8. The number of nitrogens with two attached hydrogens (primary N) is 1. The molecule has 0 aliphatic rings. The Morgan fingerprint density at radius 3 is 2.65 bits per heavy atom. The molecule has 2 heterocycles. The van der Waals surface area contributed by atoms with Gasteiger partial charge in [0.1, 0.15) is 13.2 Å². The van der Waals surface area contributed by atoms with Crippen LogP contribution in [0.1, 0.15) is 0 Å². The molecule has 40 heavy (non-hydrogen) atoms. The number of likely N-dealkylation sites (N-methyl/N-ethyl adjacent to an activating group) is 2. The Kier molecular flexibility index (Phi) is 8.29. The number of ether oxygens (including phenoxy) is 1. The van der Waals surface area contributed by atoms with Crippen molar-refractivity contribution in [3.05, 3.63) is 73.3 Å². The molecule has 0 spiro atoms. The second-order valence-corrected chi connectivity index (χ2v) is 9.15. The van der Waals surface area contributed by atoms with Crippen LogP contribution in [0.5, 0.6) is 11.8 Å². The summed E-state index contributed by atoms with van der Waals surface area (Å²) in [6, 6.07) is 11.1. The minimum absolute atomic E-state index is 0.103. The van der Waals surface area contributed by atoms with Gasteiger partial charge in [0.05, 0.1) is 28.8 Å². The quantitative estimate of drug-likeness (QED) is 0.274. The maximum Gasteiger partial charge on any atom is 0.322 e. The topological polar surface area (TPSA) is 128 Å². The zero-order valence-corrected chi connectivity index (χ0v) is 22.6. The minimum Gasteiger partial charge on any atom is -0.421 e. The Balaban J connectivity index is 1.69. The summed E-state index contributed by atoms with van der Waals surface area (Å²) < 4.78 is 22.7. The molecule has 1 unspecified atom stereocenters. The van der Waals surface area contributed by atoms with Crippen molar-refractivity contribution < 1.29 is 23.6 Å². The normalized spacial score (nSPS) is 11.8. The van der Waals surface area contributed by atoms with Crippen LogP contribution in [0.25, 0.3) is 22.2 Å². The van der Waals surface area contributed by atoms with Gasteiger partial charge in [-0.3, -0.25) is 14.5 Å². The molecule has 2 aromatic carbocycles. The smallest absolute Gasteiger partial charge is 0.322 e. The van der Waals surface area contributed by atoms with Crippen LogP contribution in [0.4, 0.5) is 15.8 Å². The van der Waals surface area contributed by atoms with Crippen LogP contribution >= 0.6 is 0 Å². The number of fused-ring (bicyclic) bond motifs is 1. The van der Waals surface area contributed by atoms with E-state index in [9.17, 15) is 9.59 Å². The standard InChI is InChI=1S/C28H30FN7O4/c1-6-26(37)32-21-14-25(19(29)13-23(21)35(4)16-24(27(30)38)34(2)3)40-28-31-12-11-20(33-28)18-15-36(39-5)22-10-8-7-9-17(18)22/h6-15,24H,1,16H2,2-5H3,(H2,30,38)(H,32,37). The van der Waals surface area contributed by atoms with Crippen LogP contribution in [0.15, 0.2) is 67.5 Å². The molecule has 0 aliphatic heterocycles. The van der Waals surface area contributed by atoms with Gasteiger partial charge in [-0.1, -0.05) is 24.8 Å². The fraction of sp³-hybridized carbons (Fsp3) is 0.214. The van der Waals surface area contributed by atoms with Gasteiger partial charge in [-0.2, -0.15) is 9.71 Å². The largest absolute Gasteiger partial charge is 0.421 e. The van der Waals surface area contributed by atoms with Crippen LogP contribution in [0.3, 0.4) is 0 Å². The minimum atomic E-state index is -0.732. The molecule has 0 radical (unpaired) electrons. The van der Waals surface area contributed by atoms with Crippen molar-refractivity contribution >= 4 is 34.1 Å². The number of rotatable bonds is 11. The fourth-order valence-corrected chi connectivity index (χ4v) is 4.23. The molecule has 0 saturated heterocycles. The SMILES string of the molecule is C=CC(=O)Nc1cc(Oc2nccc(-c3cn(OC)c4ccccc34)n2)c(F)cc1N(C)CC(C(N)=O)N(C)C. The van der Waals surface area contributed by atoms with Crippen molar-refractivity contribution in [2.24, 2.45) is 5.73 Å². The van der Waals surface area contributed by atoms with Crippen LogP contribution in [-0.4, -0.2) is 72.3 Å². The zero-order valence-electron chi connectivity index (χ0n) is 22.6. The first-order chi connectivity index (χ1) is 19.1. The molecule has 4 aromatic rings. The molecule has 0 saturated carbocycles. The van der Waals surface area contributed by atoms with Crippen LogP contribution in [0.2, 0.25) is 0 Å². The van der Waals surface area contributed by atoms with Crippen molar-refractivity contribution in [1.82, 2.24) is 19.6 Å². The highest BCUT2D eigenvalue weighted by Gasteiger charge is 2.23. The Hall–Kier alpha value is -4.97. The Morgan fingerprint density at radius 2 is 1.98 bits per heavy atom. The van der Waals surface area contributed by atoms with E-state index in [4.69, 9.17) is 15.3 Å². The zero-order chi connectivity index (χ0) is 29.0. The molecular weight excluding hydrogens is 517 g/mol. The molecular formula is C28H30FN7O4. The lowest BCUT2D eigenvalue weighted by atomic mass is 10.1. The van der Waals surface area contributed by atoms with Gasteiger partial charge in [0.25, 0.3) is 0 Å². The molecule has 0 bridgehead atoms. The number of carbonyl (C=O) groups excluding carboxylic acids is 2. The summed E-state index contributed by atoms with van der Waals surface area (Å²) in [7, 11) is 6.64. The Labute approximate surface area is 230 Å². The van der Waals surface area contributed by atoms with Crippen LogP contribution in [0, 0.1) is 5.82 Å². The van der Waals surface area contributed by atoms with Crippen molar-refractivity contribution in [2.75, 3.05) is 45.0 Å². The van der Waals surface area contributed by atoms with Crippen molar-refractivity contribution in [1.29, 1.82) is 0 Å². The summed E-state index contributed by atoms with van der Waals surface area (Å²) in [6.07, 6.45) is 4.38. The summed E-state index contributed by atoms with van der Waals surface area (Å²) in [6.45, 7) is 3.61. The molecule has 2 amide bonds. The van der Waals surface area contributed by atoms with E-state index in [-0.39, 0.29) is 24.0 Å². The maximum absolute atomic E-state index is 15.4. The fourth-order valence-electron chi connectivity index (χ4n) is 4.23. The molecule has 208 valence electrons. The number of anilines is 2. The van der Waals surface area contributed by atoms with Gasteiger partial charge in [-0.05, 0) is 32.3 Å². The molecule has 11 nitrogen and oxygen atoms in total. The summed E-state index contributed by atoms with van der Waals surface area (Å²) in [5, 5.41) is 3.56. The number of amides is 2. The monoisotopic (exact) mass is 547 g/mol. The van der Waals surface area contributed by atoms with Gasteiger partial charge in [-0.25, -0.2) is 9.37 Å². The number of para-hydroxylation sites is 1. The van der Waals surface area contributed by atoms with E-state index in [1.165, 1.54) is 18.3 Å². The number of nitrogens with zero attached hydrogens (tertiary/aromatic N) is 5. The summed E-state index contributed by atoms with van der Waals surface area (Å²) in [5.41, 5.74) is 8.22. The third-order valence-corrected chi connectivity index (χ3v) is 6.29. The van der Waals surface area contributed by atoms with E-state index in [1.54, 1.807) is 55.0 Å². The van der Waals surface area contributed by atoms with E-state index in [2.05, 4.69) is 21.9 Å². The molecule has 3 N–H and O–H groups in total. The van der Waals surface area contributed by atoms with E-state index in [0.717, 1.165) is 22.5 Å². The average molecular weight is 548 g/mol. The number of hydrogen-bond donors (Lipinski definition) is 2. The molecule has 4 rings (SSSR count). The van der Waals surface area contributed by atoms with E-state index in [0.29, 0.717) is 11.4 Å². The summed E-state index contributed by atoms with van der Waals surface area (Å²) >= 11 is 0. The first-order valence-electron chi connectivity index (χ1n) is 12.2. The average Bonchev–Trinajstić information content (AvgIpc) is 3.31. The highest BCUT2D eigenvalue weighted by atomic mass is 19.1. The summed E-state index contributed by atoms with van der Waals surface area (Å²) in [4.78, 5) is 41.4. The molecule has 0 aliphatic carbocycles. The van der Waals surface area contributed by atoms with Gasteiger partial charge >= 0.3 is 6.01 Å². The molecule has 0 fully saturated rings. The summed E-state index contributed by atoms with van der Waals surface area (Å²) in [5.74, 6) is -2.00. The van der Waals surface area contributed by atoms with Crippen molar-refractivity contribution in [3.63, 3.8) is 0 Å². The number of benzene rings is 2. The van der Waals surface area contributed by atoms with Gasteiger partial charge < -0.3 is 25.5 Å². The highest BCUT2D eigenvalue weighted by molar-refractivity contribution is 6.01. The van der Waals surface area contributed by atoms with Gasteiger partial charge in [0.2, 0.25) is 11.8 Å². The highest BCUT2D eigenvalue weighted by Crippen LogP contribution is 2.35. The van der Waals surface area contributed by atoms with Crippen molar-refractivity contribution in [3.8, 4) is 23.0 Å². The second-order valence-electron chi connectivity index (χ2n) is 9.15. The Bertz CT molecular complexity index is 1570. The maximum atomic E-state index is 15.4.